The number of carbonyl (C=O) groups excluding carboxylic acids is 1. The molecule has 8 nitrogen and oxygen atoms in total. The summed E-state index contributed by atoms with van der Waals surface area (Å²) in [5.74, 6) is -0.684. The summed E-state index contributed by atoms with van der Waals surface area (Å²) in [6.45, 7) is 0.0656. The zero-order chi connectivity index (χ0) is 22.5. The van der Waals surface area contributed by atoms with Crippen LogP contribution in [0, 0.1) is 0 Å². The van der Waals surface area contributed by atoms with Crippen molar-refractivity contribution in [2.45, 2.75) is 6.61 Å². The lowest BCUT2D eigenvalue weighted by atomic mass is 10.2. The van der Waals surface area contributed by atoms with Crippen LogP contribution in [0.25, 0.3) is 11.0 Å². The van der Waals surface area contributed by atoms with E-state index in [1.807, 2.05) is 0 Å². The van der Waals surface area contributed by atoms with Gasteiger partial charge in [-0.1, -0.05) is 12.1 Å². The largest absolute Gasteiger partial charge is 0.504 e. The molecular weight excluding hydrogens is 412 g/mol. The number of hydrogen-bond acceptors (Lipinski definition) is 7. The smallest absolute Gasteiger partial charge is 0.271 e. The second kappa shape index (κ2) is 9.05. The number of ether oxygens (including phenoxy) is 1. The van der Waals surface area contributed by atoms with E-state index in [0.29, 0.717) is 27.8 Å². The highest BCUT2D eigenvalue weighted by atomic mass is 16.5. The van der Waals surface area contributed by atoms with Gasteiger partial charge in [0.15, 0.2) is 16.9 Å². The van der Waals surface area contributed by atoms with E-state index in [9.17, 15) is 19.8 Å². The van der Waals surface area contributed by atoms with Gasteiger partial charge in [0.2, 0.25) is 0 Å². The van der Waals surface area contributed by atoms with E-state index in [2.05, 4.69) is 10.5 Å². The summed E-state index contributed by atoms with van der Waals surface area (Å²) < 4.78 is 11.2. The van der Waals surface area contributed by atoms with Crippen LogP contribution in [0.5, 0.6) is 17.2 Å². The number of amides is 1. The first-order valence-corrected chi connectivity index (χ1v) is 9.59. The molecular formula is C24H18N2O6. The molecule has 0 unspecified atom stereocenters. The fourth-order valence-electron chi connectivity index (χ4n) is 2.92. The molecule has 0 atom stereocenters. The van der Waals surface area contributed by atoms with Crippen molar-refractivity contribution in [1.82, 2.24) is 5.43 Å². The summed E-state index contributed by atoms with van der Waals surface area (Å²) in [5.41, 5.74) is 4.00. The molecule has 32 heavy (non-hydrogen) atoms. The van der Waals surface area contributed by atoms with Gasteiger partial charge in [0.05, 0.1) is 17.2 Å². The molecule has 1 amide bonds. The van der Waals surface area contributed by atoms with E-state index in [1.165, 1.54) is 24.6 Å². The normalized spacial score (nSPS) is 11.0. The third-order valence-electron chi connectivity index (χ3n) is 4.64. The molecule has 8 heteroatoms. The molecule has 0 spiro atoms. The first-order valence-electron chi connectivity index (χ1n) is 9.59. The van der Waals surface area contributed by atoms with Crippen LogP contribution in [0.3, 0.4) is 0 Å². The van der Waals surface area contributed by atoms with Crippen molar-refractivity contribution in [1.29, 1.82) is 0 Å². The molecule has 0 saturated heterocycles. The molecule has 4 aromatic rings. The van der Waals surface area contributed by atoms with Gasteiger partial charge in [-0.2, -0.15) is 5.10 Å². The predicted molar refractivity (Wildman–Crippen MR) is 118 cm³/mol. The summed E-state index contributed by atoms with van der Waals surface area (Å²) in [6.07, 6.45) is 2.85. The maximum Gasteiger partial charge on any atom is 0.271 e. The van der Waals surface area contributed by atoms with Gasteiger partial charge in [0.1, 0.15) is 24.2 Å². The van der Waals surface area contributed by atoms with E-state index in [0.717, 1.165) is 6.07 Å². The Morgan fingerprint density at radius 3 is 2.59 bits per heavy atom. The molecule has 3 aromatic carbocycles. The minimum Gasteiger partial charge on any atom is -0.504 e. The highest BCUT2D eigenvalue weighted by Gasteiger charge is 2.08. The number of rotatable bonds is 6. The molecule has 0 fully saturated rings. The topological polar surface area (TPSA) is 121 Å². The molecule has 0 radical (unpaired) electrons. The standard InChI is InChI=1S/C24H18N2O6/c27-20-10-7-16(11-21(20)28)24(30)26-25-12-15-5-8-18(9-6-15)31-13-17-14-32-22-4-2-1-3-19(22)23(17)29/h1-12,14,27-28H,13H2,(H,26,30)/b25-12+. The maximum absolute atomic E-state index is 12.5. The number of nitrogens with one attached hydrogen (secondary N) is 1. The third kappa shape index (κ3) is 4.59. The van der Waals surface area contributed by atoms with Crippen molar-refractivity contribution < 1.29 is 24.2 Å². The Hall–Kier alpha value is -4.59. The van der Waals surface area contributed by atoms with Gasteiger partial charge in [-0.15, -0.1) is 0 Å². The molecule has 0 aliphatic heterocycles. The van der Waals surface area contributed by atoms with Crippen LogP contribution < -0.4 is 15.6 Å². The van der Waals surface area contributed by atoms with Crippen molar-refractivity contribution >= 4 is 23.1 Å². The zero-order valence-corrected chi connectivity index (χ0v) is 16.7. The second-order valence-corrected chi connectivity index (χ2v) is 6.85. The Balaban J connectivity index is 1.35. The van der Waals surface area contributed by atoms with E-state index in [4.69, 9.17) is 9.15 Å². The summed E-state index contributed by atoms with van der Waals surface area (Å²) in [4.78, 5) is 24.5. The van der Waals surface area contributed by atoms with Gasteiger partial charge in [0.25, 0.3) is 5.91 Å². The van der Waals surface area contributed by atoms with Crippen molar-refractivity contribution in [2.24, 2.45) is 5.10 Å². The minimum absolute atomic E-state index is 0.0656. The number of phenolic OH excluding ortho intramolecular Hbond substituents is 2. The van der Waals surface area contributed by atoms with Gasteiger partial charge < -0.3 is 19.4 Å². The lowest BCUT2D eigenvalue weighted by Gasteiger charge is -2.06. The number of benzene rings is 3. The fourth-order valence-corrected chi connectivity index (χ4v) is 2.92. The van der Waals surface area contributed by atoms with Gasteiger partial charge in [0, 0.05) is 5.56 Å². The average Bonchev–Trinajstić information content (AvgIpc) is 2.81. The number of phenols is 2. The highest BCUT2D eigenvalue weighted by molar-refractivity contribution is 5.95. The SMILES string of the molecule is O=C(N/N=C/c1ccc(OCc2coc3ccccc3c2=O)cc1)c1ccc(O)c(O)c1. The van der Waals surface area contributed by atoms with E-state index in [-0.39, 0.29) is 23.3 Å². The summed E-state index contributed by atoms with van der Waals surface area (Å²) in [7, 11) is 0. The molecule has 160 valence electrons. The molecule has 1 heterocycles. The number of hydrogen-bond donors (Lipinski definition) is 3. The third-order valence-corrected chi connectivity index (χ3v) is 4.64. The first-order chi connectivity index (χ1) is 15.5. The van der Waals surface area contributed by atoms with Crippen LogP contribution in [0.2, 0.25) is 0 Å². The Bertz CT molecular complexity index is 1360. The Labute approximate surface area is 182 Å². The van der Waals surface area contributed by atoms with Gasteiger partial charge in [-0.25, -0.2) is 5.43 Å². The van der Waals surface area contributed by atoms with Crippen LogP contribution in [-0.4, -0.2) is 22.3 Å². The van der Waals surface area contributed by atoms with Gasteiger partial charge in [-0.05, 0) is 60.2 Å². The van der Waals surface area contributed by atoms with Crippen LogP contribution >= 0.6 is 0 Å². The van der Waals surface area contributed by atoms with Crippen LogP contribution in [0.4, 0.5) is 0 Å². The van der Waals surface area contributed by atoms with Crippen molar-refractivity contribution in [3.8, 4) is 17.2 Å². The van der Waals surface area contributed by atoms with E-state index in [1.54, 1.807) is 48.5 Å². The number of hydrazone groups is 1. The number of nitrogens with zero attached hydrogens (tertiary/aromatic N) is 1. The maximum atomic E-state index is 12.5. The molecule has 1 aromatic heterocycles. The monoisotopic (exact) mass is 430 g/mol. The first kappa shape index (κ1) is 20.7. The second-order valence-electron chi connectivity index (χ2n) is 6.85. The molecule has 0 saturated carbocycles. The number of carbonyl (C=O) groups is 1. The summed E-state index contributed by atoms with van der Waals surface area (Å²) in [5, 5.41) is 23.1. The summed E-state index contributed by atoms with van der Waals surface area (Å²) >= 11 is 0. The lowest BCUT2D eigenvalue weighted by molar-refractivity contribution is 0.0954. The highest BCUT2D eigenvalue weighted by Crippen LogP contribution is 2.24. The summed E-state index contributed by atoms with van der Waals surface area (Å²) in [6, 6.07) is 17.6. The van der Waals surface area contributed by atoms with Gasteiger partial charge >= 0.3 is 0 Å². The quantitative estimate of drug-likeness (QED) is 0.244. The van der Waals surface area contributed by atoms with Gasteiger partial charge in [-0.3, -0.25) is 9.59 Å². The van der Waals surface area contributed by atoms with E-state index < -0.39 is 11.7 Å². The number of aromatic hydroxyl groups is 2. The average molecular weight is 430 g/mol. The lowest BCUT2D eigenvalue weighted by Crippen LogP contribution is -2.17. The van der Waals surface area contributed by atoms with Crippen molar-refractivity contribution in [3.63, 3.8) is 0 Å². The Kier molecular flexibility index (Phi) is 5.85. The number of para-hydroxylation sites is 1. The van der Waals surface area contributed by atoms with Crippen molar-refractivity contribution in [2.75, 3.05) is 0 Å². The van der Waals surface area contributed by atoms with Crippen LogP contribution in [0.1, 0.15) is 21.5 Å². The molecule has 0 aliphatic carbocycles. The van der Waals surface area contributed by atoms with E-state index >= 15 is 0 Å². The Morgan fingerprint density at radius 1 is 1.03 bits per heavy atom. The Morgan fingerprint density at radius 2 is 1.81 bits per heavy atom. The minimum atomic E-state index is -0.536. The fraction of sp³-hybridized carbons (Fsp3) is 0.0417. The molecule has 4 rings (SSSR count). The van der Waals surface area contributed by atoms with Crippen LogP contribution in [-0.2, 0) is 6.61 Å². The molecule has 0 aliphatic rings. The zero-order valence-electron chi connectivity index (χ0n) is 16.7. The molecule has 0 bridgehead atoms. The van der Waals surface area contributed by atoms with Crippen molar-refractivity contribution in [3.05, 3.63) is 99.9 Å². The molecule has 3 N–H and O–H groups in total. The van der Waals surface area contributed by atoms with Crippen LogP contribution in [0.15, 0.2) is 87.3 Å². The number of fused-ring (bicyclic) bond motifs is 1. The predicted octanol–water partition coefficient (Wildman–Crippen LogP) is 3.55.